The normalized spacial score (nSPS) is 25.4. The number of nitrogens with zero attached hydrogens (tertiary/aromatic N) is 1. The Balaban J connectivity index is 1.28. The van der Waals surface area contributed by atoms with Crippen LogP contribution in [0.1, 0.15) is 61.8 Å². The van der Waals surface area contributed by atoms with Gasteiger partial charge in [-0.1, -0.05) is 6.07 Å². The maximum atomic E-state index is 11.0. The lowest BCUT2D eigenvalue weighted by Gasteiger charge is -2.36. The second-order valence-corrected chi connectivity index (χ2v) is 12.1. The van der Waals surface area contributed by atoms with Crippen LogP contribution in [0.3, 0.4) is 0 Å². The first-order valence-corrected chi connectivity index (χ1v) is 15.4. The number of ether oxygens (including phenoxy) is 4. The van der Waals surface area contributed by atoms with Crippen molar-refractivity contribution in [2.75, 3.05) is 26.6 Å². The molecule has 44 heavy (non-hydrogen) atoms. The van der Waals surface area contributed by atoms with E-state index in [-0.39, 0.29) is 23.6 Å². The number of anilines is 1. The zero-order valence-corrected chi connectivity index (χ0v) is 25.7. The van der Waals surface area contributed by atoms with Gasteiger partial charge >= 0.3 is 0 Å². The number of aromatic nitrogens is 1. The molecule has 0 unspecified atom stereocenters. The monoisotopic (exact) mass is 607 g/mol. The van der Waals surface area contributed by atoms with Crippen molar-refractivity contribution < 1.29 is 34.3 Å². The Morgan fingerprint density at radius 2 is 1.77 bits per heavy atom. The summed E-state index contributed by atoms with van der Waals surface area (Å²) >= 11 is 0. The number of nitrogens with one attached hydrogen (secondary N) is 1. The molecule has 6 N–H and O–H groups in total. The van der Waals surface area contributed by atoms with Crippen molar-refractivity contribution in [3.63, 3.8) is 0 Å². The molecule has 3 heterocycles. The third kappa shape index (κ3) is 7.85. The molecule has 2 fully saturated rings. The van der Waals surface area contributed by atoms with Crippen LogP contribution in [0.15, 0.2) is 48.7 Å². The Kier molecular flexibility index (Phi) is 10.3. The predicted octanol–water partition coefficient (Wildman–Crippen LogP) is 4.68. The predicted molar refractivity (Wildman–Crippen MR) is 167 cm³/mol. The van der Waals surface area contributed by atoms with E-state index < -0.39 is 12.2 Å². The van der Waals surface area contributed by atoms with Gasteiger partial charge in [0.2, 0.25) is 5.75 Å². The number of aliphatic hydroxyl groups is 1. The lowest BCUT2D eigenvalue weighted by atomic mass is 9.84. The molecule has 5 rings (SSSR count). The number of pyridine rings is 1. The fourth-order valence-corrected chi connectivity index (χ4v) is 6.43. The molecule has 0 saturated carbocycles. The topological polar surface area (TPSA) is 149 Å². The molecular weight excluding hydrogens is 562 g/mol. The summed E-state index contributed by atoms with van der Waals surface area (Å²) in [4.78, 5) is 4.11. The van der Waals surface area contributed by atoms with E-state index in [9.17, 15) is 15.3 Å². The third-order valence-corrected chi connectivity index (χ3v) is 8.83. The summed E-state index contributed by atoms with van der Waals surface area (Å²) in [5, 5.41) is 35.4. The van der Waals surface area contributed by atoms with Gasteiger partial charge in [-0.25, -0.2) is 4.98 Å². The first kappa shape index (κ1) is 31.7. The van der Waals surface area contributed by atoms with E-state index in [1.54, 1.807) is 24.4 Å². The van der Waals surface area contributed by atoms with E-state index >= 15 is 0 Å². The fourth-order valence-electron chi connectivity index (χ4n) is 6.43. The molecule has 6 atom stereocenters. The van der Waals surface area contributed by atoms with Crippen LogP contribution in [0, 0.1) is 5.92 Å². The van der Waals surface area contributed by atoms with Crippen molar-refractivity contribution in [2.45, 2.75) is 82.3 Å². The van der Waals surface area contributed by atoms with Crippen LogP contribution in [0.2, 0.25) is 0 Å². The summed E-state index contributed by atoms with van der Waals surface area (Å²) in [7, 11) is 3.03. The maximum Gasteiger partial charge on any atom is 0.200 e. The van der Waals surface area contributed by atoms with Crippen LogP contribution in [0.25, 0.3) is 0 Å². The standard InChI is InChI=1S/C34H45N3O7/c1-20-4-7-23(12-22-10-11-36-33(35)14-22)27(37-20)19-43-32-16-24(15-31(42-3)34(32)40)29-18-25(38)17-26(44-29)8-5-21-6-9-28(39)30(13-21)41-2/h6,9-11,13-16,20,23,25-27,29,37-40H,4-5,7-8,12,17-19H2,1-3H3,(H2,35,36)/t20-,23-,25+,26+,27+,29+/m1/s1. The Morgan fingerprint density at radius 1 is 0.977 bits per heavy atom. The van der Waals surface area contributed by atoms with Gasteiger partial charge in [-0.2, -0.15) is 0 Å². The van der Waals surface area contributed by atoms with Gasteiger partial charge < -0.3 is 45.3 Å². The Bertz CT molecular complexity index is 1400. The Hall–Kier alpha value is -3.73. The minimum absolute atomic E-state index is 0.0623. The Morgan fingerprint density at radius 3 is 2.55 bits per heavy atom. The first-order chi connectivity index (χ1) is 21.2. The molecule has 2 aromatic carbocycles. The SMILES string of the molecule is COc1cc(CC[C@H]2C[C@H](O)C[C@@H](c3cc(OC)c(O)c(OC[C@@H]4N[C@H](C)CC[C@@H]4Cc4ccnc(N)c4)c3)O2)ccc1O. The van der Waals surface area contributed by atoms with Gasteiger partial charge in [-0.3, -0.25) is 0 Å². The molecule has 0 aliphatic carbocycles. The summed E-state index contributed by atoms with van der Waals surface area (Å²) < 4.78 is 23.5. The molecular formula is C34H45N3O7. The number of phenolic OH excluding ortho intramolecular Hbond substituents is 2. The van der Waals surface area contributed by atoms with E-state index in [0.717, 1.165) is 36.0 Å². The molecule has 2 saturated heterocycles. The van der Waals surface area contributed by atoms with Crippen LogP contribution in [0.5, 0.6) is 28.7 Å². The molecule has 2 aliphatic heterocycles. The molecule has 0 amide bonds. The molecule has 2 aliphatic rings. The summed E-state index contributed by atoms with van der Waals surface area (Å²) in [6.07, 6.45) is 5.95. The van der Waals surface area contributed by atoms with Gasteiger partial charge in [0, 0.05) is 24.7 Å². The number of nitrogens with two attached hydrogens (primary N) is 1. The second-order valence-electron chi connectivity index (χ2n) is 12.1. The van der Waals surface area contributed by atoms with Gasteiger partial charge in [-0.15, -0.1) is 0 Å². The van der Waals surface area contributed by atoms with E-state index in [4.69, 9.17) is 24.7 Å². The molecule has 0 spiro atoms. The van der Waals surface area contributed by atoms with E-state index in [2.05, 4.69) is 17.2 Å². The van der Waals surface area contributed by atoms with Crippen molar-refractivity contribution >= 4 is 5.82 Å². The van der Waals surface area contributed by atoms with Crippen molar-refractivity contribution in [3.8, 4) is 28.7 Å². The van der Waals surface area contributed by atoms with Crippen LogP contribution < -0.4 is 25.3 Å². The number of rotatable bonds is 11. The highest BCUT2D eigenvalue weighted by atomic mass is 16.5. The van der Waals surface area contributed by atoms with E-state index in [1.807, 2.05) is 24.3 Å². The molecule has 10 heteroatoms. The number of piperidine rings is 1. The smallest absolute Gasteiger partial charge is 0.200 e. The van der Waals surface area contributed by atoms with Crippen LogP contribution in [-0.2, 0) is 17.6 Å². The molecule has 0 radical (unpaired) electrons. The van der Waals surface area contributed by atoms with Gasteiger partial charge in [0.25, 0.3) is 0 Å². The van der Waals surface area contributed by atoms with Crippen molar-refractivity contribution in [1.82, 2.24) is 10.3 Å². The number of phenols is 2. The number of benzene rings is 2. The Labute approximate surface area is 259 Å². The summed E-state index contributed by atoms with van der Waals surface area (Å²) in [5.74, 6) is 1.92. The third-order valence-electron chi connectivity index (χ3n) is 8.83. The van der Waals surface area contributed by atoms with Gasteiger partial charge in [0.15, 0.2) is 23.0 Å². The average molecular weight is 608 g/mol. The highest BCUT2D eigenvalue weighted by Gasteiger charge is 2.32. The second kappa shape index (κ2) is 14.4. The highest BCUT2D eigenvalue weighted by molar-refractivity contribution is 5.53. The summed E-state index contributed by atoms with van der Waals surface area (Å²) in [6, 6.07) is 13.2. The van der Waals surface area contributed by atoms with Crippen LogP contribution in [-0.4, -0.2) is 65.4 Å². The molecule has 10 nitrogen and oxygen atoms in total. The number of hydrogen-bond donors (Lipinski definition) is 5. The van der Waals surface area contributed by atoms with Crippen molar-refractivity contribution in [3.05, 3.63) is 65.4 Å². The highest BCUT2D eigenvalue weighted by Crippen LogP contribution is 2.43. The van der Waals surface area contributed by atoms with E-state index in [1.165, 1.54) is 14.2 Å². The van der Waals surface area contributed by atoms with Crippen LogP contribution in [0.4, 0.5) is 5.82 Å². The number of methoxy groups -OCH3 is 2. The van der Waals surface area contributed by atoms with E-state index in [0.29, 0.717) is 67.3 Å². The zero-order chi connectivity index (χ0) is 31.2. The largest absolute Gasteiger partial charge is 0.504 e. The van der Waals surface area contributed by atoms with Gasteiger partial charge in [0.05, 0.1) is 32.5 Å². The quantitative estimate of drug-likeness (QED) is 0.208. The minimum atomic E-state index is -0.534. The molecule has 3 aromatic rings. The summed E-state index contributed by atoms with van der Waals surface area (Å²) in [5.41, 5.74) is 8.85. The molecule has 1 aromatic heterocycles. The number of aryl methyl sites for hydroxylation is 1. The first-order valence-electron chi connectivity index (χ1n) is 15.4. The average Bonchev–Trinajstić information content (AvgIpc) is 3.01. The maximum absolute atomic E-state index is 11.0. The summed E-state index contributed by atoms with van der Waals surface area (Å²) in [6.45, 7) is 2.54. The lowest BCUT2D eigenvalue weighted by Crippen LogP contribution is -2.50. The number of hydrogen-bond acceptors (Lipinski definition) is 10. The lowest BCUT2D eigenvalue weighted by molar-refractivity contribution is -0.0999. The zero-order valence-electron chi connectivity index (χ0n) is 25.7. The molecule has 238 valence electrons. The van der Waals surface area contributed by atoms with Crippen molar-refractivity contribution in [2.24, 2.45) is 5.92 Å². The van der Waals surface area contributed by atoms with Crippen molar-refractivity contribution in [1.29, 1.82) is 0 Å². The number of nitrogen functional groups attached to an aromatic ring is 1. The van der Waals surface area contributed by atoms with Crippen LogP contribution >= 0.6 is 0 Å². The molecule has 0 bridgehead atoms. The van der Waals surface area contributed by atoms with Gasteiger partial charge in [-0.05, 0) is 104 Å². The number of aromatic hydroxyl groups is 2. The minimum Gasteiger partial charge on any atom is -0.504 e. The number of aliphatic hydroxyl groups excluding tert-OH is 1. The van der Waals surface area contributed by atoms with Gasteiger partial charge in [0.1, 0.15) is 12.4 Å². The fraction of sp³-hybridized carbons (Fsp3) is 0.500.